The monoisotopic (exact) mass is 364 g/mol. The van der Waals surface area contributed by atoms with Crippen molar-refractivity contribution in [3.05, 3.63) is 51.8 Å². The predicted molar refractivity (Wildman–Crippen MR) is 107 cm³/mol. The highest BCUT2D eigenvalue weighted by atomic mass is 16.2. The molecular formula is C22H28N4O. The van der Waals surface area contributed by atoms with Crippen molar-refractivity contribution in [2.75, 3.05) is 31.1 Å². The number of aromatic nitrogens is 2. The van der Waals surface area contributed by atoms with Gasteiger partial charge in [-0.2, -0.15) is 0 Å². The van der Waals surface area contributed by atoms with Crippen molar-refractivity contribution in [2.45, 2.75) is 46.5 Å². The van der Waals surface area contributed by atoms with Crippen molar-refractivity contribution >= 4 is 11.9 Å². The summed E-state index contributed by atoms with van der Waals surface area (Å²) in [5.41, 5.74) is 6.48. The number of nitrogens with zero attached hydrogens (tertiary/aromatic N) is 4. The third kappa shape index (κ3) is 3.68. The summed E-state index contributed by atoms with van der Waals surface area (Å²) >= 11 is 0. The molecule has 0 aliphatic carbocycles. The van der Waals surface area contributed by atoms with Crippen molar-refractivity contribution in [2.24, 2.45) is 0 Å². The number of hydrogen-bond acceptors (Lipinski definition) is 4. The molecule has 3 heterocycles. The summed E-state index contributed by atoms with van der Waals surface area (Å²) in [6.45, 7) is 9.72. The average Bonchev–Trinajstić information content (AvgIpc) is 3.07. The number of amides is 1. The van der Waals surface area contributed by atoms with Gasteiger partial charge in [0.15, 0.2) is 0 Å². The van der Waals surface area contributed by atoms with E-state index in [4.69, 9.17) is 9.97 Å². The van der Waals surface area contributed by atoms with Crippen LogP contribution in [-0.4, -0.2) is 47.0 Å². The van der Waals surface area contributed by atoms with Gasteiger partial charge in [0, 0.05) is 43.9 Å². The fourth-order valence-electron chi connectivity index (χ4n) is 4.31. The Hall–Kier alpha value is -2.43. The third-order valence-corrected chi connectivity index (χ3v) is 5.68. The van der Waals surface area contributed by atoms with E-state index in [0.29, 0.717) is 6.54 Å². The van der Waals surface area contributed by atoms with Crippen LogP contribution in [0, 0.1) is 20.8 Å². The maximum atomic E-state index is 13.1. The van der Waals surface area contributed by atoms with E-state index in [9.17, 15) is 4.79 Å². The maximum Gasteiger partial charge on any atom is 0.253 e. The van der Waals surface area contributed by atoms with Crippen LogP contribution in [-0.2, 0) is 12.8 Å². The van der Waals surface area contributed by atoms with Gasteiger partial charge in [-0.25, -0.2) is 9.97 Å². The second-order valence-corrected chi connectivity index (χ2v) is 7.90. The van der Waals surface area contributed by atoms with Gasteiger partial charge in [-0.15, -0.1) is 0 Å². The Morgan fingerprint density at radius 2 is 1.56 bits per heavy atom. The highest BCUT2D eigenvalue weighted by Gasteiger charge is 2.24. The molecule has 0 radical (unpaired) electrons. The largest absolute Gasteiger partial charge is 0.341 e. The first-order valence-electron chi connectivity index (χ1n) is 10.00. The Bertz CT molecular complexity index is 851. The van der Waals surface area contributed by atoms with E-state index < -0.39 is 0 Å². The van der Waals surface area contributed by atoms with E-state index >= 15 is 0 Å². The minimum Gasteiger partial charge on any atom is -0.341 e. The van der Waals surface area contributed by atoms with E-state index in [2.05, 4.69) is 17.9 Å². The van der Waals surface area contributed by atoms with Crippen LogP contribution in [0.25, 0.3) is 0 Å². The van der Waals surface area contributed by atoms with Crippen molar-refractivity contribution in [1.82, 2.24) is 14.9 Å². The maximum absolute atomic E-state index is 13.1. The molecule has 5 nitrogen and oxygen atoms in total. The molecule has 0 saturated carbocycles. The van der Waals surface area contributed by atoms with E-state index in [1.165, 1.54) is 18.4 Å². The fraction of sp³-hybridized carbons (Fsp3) is 0.500. The number of aryl methyl sites for hydroxylation is 3. The first-order chi connectivity index (χ1) is 13.0. The quantitative estimate of drug-likeness (QED) is 0.821. The zero-order valence-corrected chi connectivity index (χ0v) is 16.6. The number of fused-ring (bicyclic) bond motifs is 1. The van der Waals surface area contributed by atoms with Crippen molar-refractivity contribution in [3.8, 4) is 0 Å². The molecule has 2 aliphatic heterocycles. The molecule has 1 fully saturated rings. The van der Waals surface area contributed by atoms with E-state index in [1.54, 1.807) is 0 Å². The molecule has 0 atom stereocenters. The van der Waals surface area contributed by atoms with Crippen LogP contribution in [0.1, 0.15) is 51.3 Å². The molecular weight excluding hydrogens is 336 g/mol. The van der Waals surface area contributed by atoms with Crippen molar-refractivity contribution in [3.63, 3.8) is 0 Å². The molecule has 0 spiro atoms. The Morgan fingerprint density at radius 3 is 2.26 bits per heavy atom. The first kappa shape index (κ1) is 18.0. The standard InChI is InChI=1S/C22H28N4O/c1-15-12-16(2)14-18(13-15)21(27)25-10-6-19-17(3)23-22(24-20(19)7-11-25)26-8-4-5-9-26/h12-14H,4-11H2,1-3H3. The molecule has 27 heavy (non-hydrogen) atoms. The summed E-state index contributed by atoms with van der Waals surface area (Å²) in [5.74, 6) is 0.998. The molecule has 4 rings (SSSR count). The summed E-state index contributed by atoms with van der Waals surface area (Å²) in [7, 11) is 0. The normalized spacial score (nSPS) is 17.0. The van der Waals surface area contributed by atoms with Crippen LogP contribution in [0.15, 0.2) is 18.2 Å². The van der Waals surface area contributed by atoms with E-state index in [-0.39, 0.29) is 5.91 Å². The summed E-state index contributed by atoms with van der Waals surface area (Å²) in [5, 5.41) is 0. The SMILES string of the molecule is Cc1cc(C)cc(C(=O)N2CCc3nc(N4CCCC4)nc(C)c3CC2)c1. The minimum atomic E-state index is 0.125. The summed E-state index contributed by atoms with van der Waals surface area (Å²) in [6, 6.07) is 6.09. The number of hydrogen-bond donors (Lipinski definition) is 0. The highest BCUT2D eigenvalue weighted by molar-refractivity contribution is 5.94. The second-order valence-electron chi connectivity index (χ2n) is 7.90. The van der Waals surface area contributed by atoms with Gasteiger partial charge in [-0.05, 0) is 57.7 Å². The smallest absolute Gasteiger partial charge is 0.253 e. The van der Waals surface area contributed by atoms with Crippen LogP contribution in [0.2, 0.25) is 0 Å². The Morgan fingerprint density at radius 1 is 0.889 bits per heavy atom. The number of benzene rings is 1. The third-order valence-electron chi connectivity index (χ3n) is 5.68. The molecule has 2 aliphatic rings. The number of carbonyl (C=O) groups is 1. The van der Waals surface area contributed by atoms with E-state index in [0.717, 1.165) is 66.5 Å². The van der Waals surface area contributed by atoms with Crippen LogP contribution >= 0.6 is 0 Å². The Labute approximate surface area is 161 Å². The number of anilines is 1. The van der Waals surface area contributed by atoms with Gasteiger partial charge >= 0.3 is 0 Å². The van der Waals surface area contributed by atoms with Crippen molar-refractivity contribution < 1.29 is 4.79 Å². The minimum absolute atomic E-state index is 0.125. The summed E-state index contributed by atoms with van der Waals surface area (Å²) in [6.07, 6.45) is 4.07. The molecule has 0 bridgehead atoms. The molecule has 0 N–H and O–H groups in total. The van der Waals surface area contributed by atoms with E-state index in [1.807, 2.05) is 30.9 Å². The van der Waals surface area contributed by atoms with Crippen LogP contribution in [0.5, 0.6) is 0 Å². The molecule has 142 valence electrons. The Balaban J connectivity index is 1.55. The average molecular weight is 364 g/mol. The van der Waals surface area contributed by atoms with Gasteiger partial charge in [0.05, 0.1) is 5.69 Å². The molecule has 1 aromatic carbocycles. The van der Waals surface area contributed by atoms with Gasteiger partial charge in [-0.3, -0.25) is 4.79 Å². The molecule has 1 amide bonds. The molecule has 2 aromatic rings. The van der Waals surface area contributed by atoms with Gasteiger partial charge < -0.3 is 9.80 Å². The highest BCUT2D eigenvalue weighted by Crippen LogP contribution is 2.23. The molecule has 1 aromatic heterocycles. The zero-order chi connectivity index (χ0) is 19.0. The number of carbonyl (C=O) groups excluding carboxylic acids is 1. The predicted octanol–water partition coefficient (Wildman–Crippen LogP) is 3.24. The van der Waals surface area contributed by atoms with Crippen molar-refractivity contribution in [1.29, 1.82) is 0 Å². The molecule has 1 saturated heterocycles. The van der Waals surface area contributed by atoms with Crippen LogP contribution in [0.4, 0.5) is 5.95 Å². The lowest BCUT2D eigenvalue weighted by molar-refractivity contribution is 0.0762. The second kappa shape index (κ2) is 7.29. The van der Waals surface area contributed by atoms with Gasteiger partial charge in [0.25, 0.3) is 5.91 Å². The van der Waals surface area contributed by atoms with Crippen LogP contribution in [0.3, 0.4) is 0 Å². The fourth-order valence-corrected chi connectivity index (χ4v) is 4.31. The Kier molecular flexibility index (Phi) is 4.85. The topological polar surface area (TPSA) is 49.3 Å². The van der Waals surface area contributed by atoms with Gasteiger partial charge in [0.1, 0.15) is 0 Å². The van der Waals surface area contributed by atoms with Gasteiger partial charge in [-0.1, -0.05) is 17.2 Å². The molecule has 5 heteroatoms. The lowest BCUT2D eigenvalue weighted by atomic mass is 10.1. The summed E-state index contributed by atoms with van der Waals surface area (Å²) < 4.78 is 0. The zero-order valence-electron chi connectivity index (χ0n) is 16.6. The first-order valence-corrected chi connectivity index (χ1v) is 10.00. The lowest BCUT2D eigenvalue weighted by Gasteiger charge is -2.20. The number of rotatable bonds is 2. The summed E-state index contributed by atoms with van der Waals surface area (Å²) in [4.78, 5) is 27.0. The van der Waals surface area contributed by atoms with Crippen LogP contribution < -0.4 is 4.90 Å². The van der Waals surface area contributed by atoms with Gasteiger partial charge in [0.2, 0.25) is 5.95 Å². The molecule has 0 unspecified atom stereocenters. The lowest BCUT2D eigenvalue weighted by Crippen LogP contribution is -2.33.